The second kappa shape index (κ2) is 4.57. The van der Waals surface area contributed by atoms with E-state index in [9.17, 15) is 4.79 Å². The van der Waals surface area contributed by atoms with Crippen molar-refractivity contribution in [1.29, 1.82) is 0 Å². The SMILES string of the molecule is CC1CCC(N2C(=O)C3(CC3)NC2c2cccs2)CC1. The molecule has 3 fully saturated rings. The smallest absolute Gasteiger partial charge is 0.244 e. The first kappa shape index (κ1) is 12.8. The zero-order chi connectivity index (χ0) is 13.7. The molecule has 1 aliphatic heterocycles. The van der Waals surface area contributed by atoms with Crippen LogP contribution >= 0.6 is 11.3 Å². The van der Waals surface area contributed by atoms with Crippen molar-refractivity contribution in [3.8, 4) is 0 Å². The number of thiophene rings is 1. The summed E-state index contributed by atoms with van der Waals surface area (Å²) in [5, 5.41) is 5.75. The summed E-state index contributed by atoms with van der Waals surface area (Å²) in [5.74, 6) is 1.20. The van der Waals surface area contributed by atoms with Crippen molar-refractivity contribution in [2.45, 2.75) is 63.2 Å². The van der Waals surface area contributed by atoms with Crippen LogP contribution in [0.2, 0.25) is 0 Å². The molecule has 1 spiro atoms. The fraction of sp³-hybridized carbons (Fsp3) is 0.688. The second-order valence-electron chi connectivity index (χ2n) is 6.77. The lowest BCUT2D eigenvalue weighted by molar-refractivity contribution is -0.133. The average Bonchev–Trinajstić information content (AvgIpc) is 2.92. The van der Waals surface area contributed by atoms with Crippen molar-refractivity contribution in [1.82, 2.24) is 10.2 Å². The van der Waals surface area contributed by atoms with Gasteiger partial charge in [0.15, 0.2) is 0 Å². The van der Waals surface area contributed by atoms with Gasteiger partial charge >= 0.3 is 0 Å². The van der Waals surface area contributed by atoms with E-state index < -0.39 is 0 Å². The maximum Gasteiger partial charge on any atom is 0.244 e. The van der Waals surface area contributed by atoms with E-state index in [-0.39, 0.29) is 11.7 Å². The highest BCUT2D eigenvalue weighted by atomic mass is 32.1. The van der Waals surface area contributed by atoms with Crippen LogP contribution in [0.15, 0.2) is 17.5 Å². The molecule has 1 unspecified atom stereocenters. The zero-order valence-electron chi connectivity index (χ0n) is 12.0. The van der Waals surface area contributed by atoms with E-state index in [0.29, 0.717) is 11.9 Å². The van der Waals surface area contributed by atoms with Crippen LogP contribution in [0, 0.1) is 5.92 Å². The molecule has 3 aliphatic rings. The minimum absolute atomic E-state index is 0.128. The van der Waals surface area contributed by atoms with E-state index in [1.807, 2.05) is 0 Å². The number of nitrogens with one attached hydrogen (secondary N) is 1. The van der Waals surface area contributed by atoms with Crippen LogP contribution < -0.4 is 5.32 Å². The quantitative estimate of drug-likeness (QED) is 0.906. The van der Waals surface area contributed by atoms with E-state index in [0.717, 1.165) is 18.8 Å². The highest BCUT2D eigenvalue weighted by molar-refractivity contribution is 7.10. The molecule has 4 rings (SSSR count). The number of amides is 1. The molecule has 2 saturated carbocycles. The summed E-state index contributed by atoms with van der Waals surface area (Å²) in [6.07, 6.45) is 7.04. The van der Waals surface area contributed by atoms with Crippen LogP contribution in [-0.2, 0) is 4.79 Å². The Bertz CT molecular complexity index is 501. The van der Waals surface area contributed by atoms with Gasteiger partial charge in [0, 0.05) is 10.9 Å². The average molecular weight is 290 g/mol. The molecular formula is C16H22N2OS. The molecule has 1 atom stereocenters. The van der Waals surface area contributed by atoms with E-state index in [1.165, 1.54) is 30.6 Å². The molecular weight excluding hydrogens is 268 g/mol. The van der Waals surface area contributed by atoms with Crippen molar-refractivity contribution >= 4 is 17.2 Å². The Kier molecular flexibility index (Phi) is 2.93. The lowest BCUT2D eigenvalue weighted by Gasteiger charge is -2.36. The van der Waals surface area contributed by atoms with E-state index in [2.05, 4.69) is 34.7 Å². The Morgan fingerprint density at radius 3 is 2.65 bits per heavy atom. The number of carbonyl (C=O) groups is 1. The number of nitrogens with zero attached hydrogens (tertiary/aromatic N) is 1. The van der Waals surface area contributed by atoms with Gasteiger partial charge in [0.05, 0.1) is 0 Å². The number of hydrogen-bond acceptors (Lipinski definition) is 3. The summed E-state index contributed by atoms with van der Waals surface area (Å²) >= 11 is 1.76. The number of hydrogen-bond donors (Lipinski definition) is 1. The molecule has 1 aromatic rings. The van der Waals surface area contributed by atoms with Crippen molar-refractivity contribution in [2.75, 3.05) is 0 Å². The minimum atomic E-state index is -0.197. The zero-order valence-corrected chi connectivity index (χ0v) is 12.8. The van der Waals surface area contributed by atoms with E-state index in [1.54, 1.807) is 11.3 Å². The van der Waals surface area contributed by atoms with Crippen LogP contribution in [0.4, 0.5) is 0 Å². The van der Waals surface area contributed by atoms with Gasteiger partial charge in [-0.1, -0.05) is 13.0 Å². The van der Waals surface area contributed by atoms with E-state index in [4.69, 9.17) is 0 Å². The van der Waals surface area contributed by atoms with Crippen LogP contribution in [0.5, 0.6) is 0 Å². The highest BCUT2D eigenvalue weighted by Crippen LogP contribution is 2.48. The monoisotopic (exact) mass is 290 g/mol. The third-order valence-corrected chi connectivity index (χ3v) is 6.20. The normalized spacial score (nSPS) is 35.8. The molecule has 20 heavy (non-hydrogen) atoms. The van der Waals surface area contributed by atoms with Crippen molar-refractivity contribution in [2.24, 2.45) is 5.92 Å². The van der Waals surface area contributed by atoms with Crippen molar-refractivity contribution in [3.63, 3.8) is 0 Å². The highest BCUT2D eigenvalue weighted by Gasteiger charge is 2.60. The van der Waals surface area contributed by atoms with Gasteiger partial charge in [0.2, 0.25) is 5.91 Å². The summed E-state index contributed by atoms with van der Waals surface area (Å²) in [6.45, 7) is 2.33. The standard InChI is InChI=1S/C16H22N2OS/c1-11-4-6-12(7-5-11)18-14(13-3-2-10-20-13)17-16(8-9-16)15(18)19/h2-3,10-12,14,17H,4-9H2,1H3. The Morgan fingerprint density at radius 2 is 2.05 bits per heavy atom. The minimum Gasteiger partial charge on any atom is -0.317 e. The molecule has 0 aromatic carbocycles. The Labute approximate surface area is 124 Å². The van der Waals surface area contributed by atoms with Crippen LogP contribution in [0.3, 0.4) is 0 Å². The molecule has 3 nitrogen and oxygen atoms in total. The number of rotatable bonds is 2. The van der Waals surface area contributed by atoms with Crippen LogP contribution in [0.25, 0.3) is 0 Å². The lowest BCUT2D eigenvalue weighted by Crippen LogP contribution is -2.42. The summed E-state index contributed by atoms with van der Waals surface area (Å²) < 4.78 is 0. The first-order chi connectivity index (χ1) is 9.70. The van der Waals surface area contributed by atoms with Crippen LogP contribution in [0.1, 0.15) is 56.5 Å². The number of carbonyl (C=O) groups excluding carboxylic acids is 1. The molecule has 1 aromatic heterocycles. The van der Waals surface area contributed by atoms with Gasteiger partial charge in [-0.3, -0.25) is 10.1 Å². The van der Waals surface area contributed by atoms with Crippen molar-refractivity contribution in [3.05, 3.63) is 22.4 Å². The van der Waals surface area contributed by atoms with Gasteiger partial charge in [0.1, 0.15) is 11.7 Å². The second-order valence-corrected chi connectivity index (χ2v) is 7.75. The maximum absolute atomic E-state index is 12.8. The molecule has 4 heteroatoms. The van der Waals surface area contributed by atoms with Gasteiger partial charge < -0.3 is 4.90 Å². The third-order valence-electron chi connectivity index (χ3n) is 5.28. The molecule has 0 radical (unpaired) electrons. The molecule has 1 N–H and O–H groups in total. The van der Waals surface area contributed by atoms with Crippen molar-refractivity contribution < 1.29 is 4.79 Å². The molecule has 2 heterocycles. The largest absolute Gasteiger partial charge is 0.317 e. The topological polar surface area (TPSA) is 32.3 Å². The van der Waals surface area contributed by atoms with Gasteiger partial charge in [-0.05, 0) is 55.9 Å². The fourth-order valence-corrected chi connectivity index (χ4v) is 4.57. The fourth-order valence-electron chi connectivity index (χ4n) is 3.79. The van der Waals surface area contributed by atoms with Gasteiger partial charge in [-0.25, -0.2) is 0 Å². The van der Waals surface area contributed by atoms with Crippen LogP contribution in [-0.4, -0.2) is 22.4 Å². The van der Waals surface area contributed by atoms with Gasteiger partial charge in [-0.2, -0.15) is 0 Å². The first-order valence-corrected chi connectivity index (χ1v) is 8.71. The van der Waals surface area contributed by atoms with E-state index >= 15 is 0 Å². The lowest BCUT2D eigenvalue weighted by atomic mass is 9.86. The first-order valence-electron chi connectivity index (χ1n) is 7.83. The summed E-state index contributed by atoms with van der Waals surface area (Å²) in [4.78, 5) is 16.3. The molecule has 2 aliphatic carbocycles. The Hall–Kier alpha value is -0.870. The molecule has 1 saturated heterocycles. The summed E-state index contributed by atoms with van der Waals surface area (Å²) in [5.41, 5.74) is -0.197. The van der Waals surface area contributed by atoms with Gasteiger partial charge in [0.25, 0.3) is 0 Å². The molecule has 1 amide bonds. The molecule has 0 bridgehead atoms. The maximum atomic E-state index is 12.8. The Morgan fingerprint density at radius 1 is 1.30 bits per heavy atom. The molecule has 108 valence electrons. The predicted octanol–water partition coefficient (Wildman–Crippen LogP) is 3.29. The summed E-state index contributed by atoms with van der Waals surface area (Å²) in [7, 11) is 0. The predicted molar refractivity (Wildman–Crippen MR) is 80.4 cm³/mol. The van der Waals surface area contributed by atoms with Gasteiger partial charge in [-0.15, -0.1) is 11.3 Å². The third kappa shape index (κ3) is 1.92. The Balaban J connectivity index is 1.62. The summed E-state index contributed by atoms with van der Waals surface area (Å²) in [6, 6.07) is 4.69.